The first-order valence-electron chi connectivity index (χ1n) is 4.84. The minimum atomic E-state index is -0.210. The van der Waals surface area contributed by atoms with Gasteiger partial charge in [-0.3, -0.25) is 5.01 Å². The Morgan fingerprint density at radius 3 is 3.00 bits per heavy atom. The van der Waals surface area contributed by atoms with Gasteiger partial charge in [0.25, 0.3) is 0 Å². The Hall–Kier alpha value is -1.68. The van der Waals surface area contributed by atoms with E-state index in [0.717, 1.165) is 15.3 Å². The van der Waals surface area contributed by atoms with Crippen LogP contribution in [0.4, 0.5) is 5.13 Å². The molecule has 0 radical (unpaired) electrons. The third kappa shape index (κ3) is 1.97. The molecule has 82 valence electrons. The highest BCUT2D eigenvalue weighted by Crippen LogP contribution is 2.27. The van der Waals surface area contributed by atoms with E-state index in [2.05, 4.69) is 22.4 Å². The van der Waals surface area contributed by atoms with Gasteiger partial charge in [0.1, 0.15) is 6.17 Å². The van der Waals surface area contributed by atoms with Gasteiger partial charge < -0.3 is 0 Å². The number of para-hydroxylation sites is 1. The van der Waals surface area contributed by atoms with Gasteiger partial charge in [-0.05, 0) is 31.5 Å². The number of hydrogen-bond acceptors (Lipinski definition) is 5. The second-order valence-corrected chi connectivity index (χ2v) is 4.30. The second kappa shape index (κ2) is 4.45. The Bertz CT molecular complexity index is 509. The first-order valence-corrected chi connectivity index (χ1v) is 5.65. The number of nitrogens with zero attached hydrogens (tertiary/aromatic N) is 3. The predicted molar refractivity (Wildman–Crippen MR) is 68.8 cm³/mol. The zero-order valence-electron chi connectivity index (χ0n) is 8.92. The van der Waals surface area contributed by atoms with E-state index in [4.69, 9.17) is 5.84 Å². The third-order valence-corrected chi connectivity index (χ3v) is 3.23. The summed E-state index contributed by atoms with van der Waals surface area (Å²) < 4.78 is 1.11. The first-order chi connectivity index (χ1) is 7.72. The molecule has 4 nitrogen and oxygen atoms in total. The molecular weight excluding hydrogens is 220 g/mol. The summed E-state index contributed by atoms with van der Waals surface area (Å²) in [4.78, 5) is 8.40. The van der Waals surface area contributed by atoms with Crippen molar-refractivity contribution in [1.82, 2.24) is 4.98 Å². The lowest BCUT2D eigenvalue weighted by Gasteiger charge is -2.18. The molecule has 0 aliphatic rings. The van der Waals surface area contributed by atoms with Gasteiger partial charge in [0, 0.05) is 0 Å². The molecule has 2 rings (SSSR count). The lowest BCUT2D eigenvalue weighted by Crippen LogP contribution is -2.38. The molecule has 0 fully saturated rings. The quantitative estimate of drug-likeness (QED) is 0.501. The Labute approximate surface area is 97.7 Å². The summed E-state index contributed by atoms with van der Waals surface area (Å²) in [7, 11) is 0. The van der Waals surface area contributed by atoms with Crippen molar-refractivity contribution in [2.75, 3.05) is 5.01 Å². The van der Waals surface area contributed by atoms with Gasteiger partial charge in [-0.1, -0.05) is 23.5 Å². The van der Waals surface area contributed by atoms with Gasteiger partial charge in [0.05, 0.1) is 10.2 Å². The maximum Gasteiger partial charge on any atom is 0.202 e. The fraction of sp³-hybridized carbons (Fsp3) is 0.182. The van der Waals surface area contributed by atoms with Crippen LogP contribution in [0.25, 0.3) is 10.2 Å². The Morgan fingerprint density at radius 2 is 2.31 bits per heavy atom. The molecule has 0 aliphatic heterocycles. The number of aliphatic imine (C=N–C) groups is 1. The summed E-state index contributed by atoms with van der Waals surface area (Å²) in [6, 6.07) is 7.92. The highest BCUT2D eigenvalue weighted by atomic mass is 32.1. The van der Waals surface area contributed by atoms with Gasteiger partial charge in [0.2, 0.25) is 5.13 Å². The number of hydrogen-bond donors (Lipinski definition) is 1. The average molecular weight is 232 g/mol. The summed E-state index contributed by atoms with van der Waals surface area (Å²) >= 11 is 1.54. The number of fused-ring (bicyclic) bond motifs is 1. The van der Waals surface area contributed by atoms with Crippen LogP contribution in [0.1, 0.15) is 6.92 Å². The van der Waals surface area contributed by atoms with E-state index >= 15 is 0 Å². The molecule has 5 heteroatoms. The van der Waals surface area contributed by atoms with Crippen molar-refractivity contribution < 1.29 is 0 Å². The molecule has 16 heavy (non-hydrogen) atoms. The lowest BCUT2D eigenvalue weighted by atomic mass is 10.3. The van der Waals surface area contributed by atoms with Crippen molar-refractivity contribution in [3.05, 3.63) is 30.8 Å². The van der Waals surface area contributed by atoms with Crippen LogP contribution in [0.2, 0.25) is 0 Å². The zero-order valence-corrected chi connectivity index (χ0v) is 9.74. The van der Waals surface area contributed by atoms with E-state index in [1.807, 2.05) is 31.2 Å². The summed E-state index contributed by atoms with van der Waals surface area (Å²) in [5.41, 5.74) is 0.952. The highest BCUT2D eigenvalue weighted by molar-refractivity contribution is 7.22. The van der Waals surface area contributed by atoms with E-state index in [-0.39, 0.29) is 6.17 Å². The van der Waals surface area contributed by atoms with Crippen molar-refractivity contribution in [3.8, 4) is 0 Å². The van der Waals surface area contributed by atoms with Gasteiger partial charge in [-0.25, -0.2) is 15.8 Å². The highest BCUT2D eigenvalue weighted by Gasteiger charge is 2.13. The zero-order chi connectivity index (χ0) is 11.5. The molecule has 0 bridgehead atoms. The average Bonchev–Trinajstić information content (AvgIpc) is 2.71. The number of aromatic nitrogens is 1. The fourth-order valence-electron chi connectivity index (χ4n) is 1.32. The molecule has 1 atom stereocenters. The molecule has 0 amide bonds. The molecule has 1 aromatic carbocycles. The fourth-order valence-corrected chi connectivity index (χ4v) is 2.29. The molecule has 0 spiro atoms. The van der Waals surface area contributed by atoms with E-state index in [0.29, 0.717) is 0 Å². The van der Waals surface area contributed by atoms with Crippen molar-refractivity contribution >= 4 is 32.6 Å². The minimum Gasteiger partial charge on any atom is -0.261 e. The van der Waals surface area contributed by atoms with E-state index in [9.17, 15) is 0 Å². The van der Waals surface area contributed by atoms with Gasteiger partial charge in [-0.15, -0.1) is 0 Å². The number of hydrazine groups is 1. The van der Waals surface area contributed by atoms with Crippen LogP contribution < -0.4 is 10.9 Å². The molecule has 0 aliphatic carbocycles. The minimum absolute atomic E-state index is 0.210. The smallest absolute Gasteiger partial charge is 0.202 e. The number of rotatable bonds is 3. The monoisotopic (exact) mass is 232 g/mol. The van der Waals surface area contributed by atoms with Gasteiger partial charge in [0.15, 0.2) is 0 Å². The summed E-state index contributed by atoms with van der Waals surface area (Å²) in [5.74, 6) is 8.39. The van der Waals surface area contributed by atoms with Crippen molar-refractivity contribution in [2.24, 2.45) is 10.8 Å². The van der Waals surface area contributed by atoms with E-state index in [1.165, 1.54) is 5.01 Å². The number of benzene rings is 1. The third-order valence-electron chi connectivity index (χ3n) is 2.18. The Balaban J connectivity index is 2.36. The maximum absolute atomic E-state index is 5.91. The van der Waals surface area contributed by atoms with Crippen LogP contribution in [0, 0.1) is 0 Å². The normalized spacial score (nSPS) is 12.1. The van der Waals surface area contributed by atoms with Crippen LogP contribution in [-0.4, -0.2) is 17.0 Å². The Kier molecular flexibility index (Phi) is 3.01. The summed E-state index contributed by atoms with van der Waals surface area (Å²) in [6.45, 7) is 5.29. The molecular formula is C11H12N4S. The summed E-state index contributed by atoms with van der Waals surface area (Å²) in [5, 5.41) is 2.26. The molecule has 0 saturated heterocycles. The van der Waals surface area contributed by atoms with Crippen LogP contribution in [0.15, 0.2) is 35.8 Å². The topological polar surface area (TPSA) is 54.5 Å². The maximum atomic E-state index is 5.91. The van der Waals surface area contributed by atoms with Gasteiger partial charge in [-0.2, -0.15) is 0 Å². The van der Waals surface area contributed by atoms with Crippen molar-refractivity contribution in [2.45, 2.75) is 13.1 Å². The van der Waals surface area contributed by atoms with E-state index in [1.54, 1.807) is 11.3 Å². The van der Waals surface area contributed by atoms with Gasteiger partial charge >= 0.3 is 0 Å². The first kappa shape index (κ1) is 10.8. The molecule has 2 aromatic rings. The molecule has 1 heterocycles. The number of thiazole rings is 1. The second-order valence-electron chi connectivity index (χ2n) is 3.29. The standard InChI is InChI=1S/C11H12N4S/c1-3-13-8(2)15(12)11-14-9-6-4-5-7-10(9)16-11/h4-8H,1,12H2,2H3. The Morgan fingerprint density at radius 1 is 1.56 bits per heavy atom. The van der Waals surface area contributed by atoms with Crippen LogP contribution in [0.3, 0.4) is 0 Å². The molecule has 2 N–H and O–H groups in total. The summed E-state index contributed by atoms with van der Waals surface area (Å²) in [6.07, 6.45) is -0.210. The van der Waals surface area contributed by atoms with Crippen LogP contribution in [-0.2, 0) is 0 Å². The molecule has 1 aromatic heterocycles. The number of nitrogens with two attached hydrogens (primary N) is 1. The van der Waals surface area contributed by atoms with Crippen LogP contribution in [0.5, 0.6) is 0 Å². The largest absolute Gasteiger partial charge is 0.261 e. The van der Waals surface area contributed by atoms with Crippen LogP contribution >= 0.6 is 11.3 Å². The molecule has 0 saturated carbocycles. The molecule has 1 unspecified atom stereocenters. The lowest BCUT2D eigenvalue weighted by molar-refractivity contribution is 0.686. The van der Waals surface area contributed by atoms with Crippen molar-refractivity contribution in [1.29, 1.82) is 0 Å². The van der Waals surface area contributed by atoms with Crippen molar-refractivity contribution in [3.63, 3.8) is 0 Å². The predicted octanol–water partition coefficient (Wildman–Crippen LogP) is 2.18. The number of anilines is 1. The van der Waals surface area contributed by atoms with E-state index < -0.39 is 0 Å². The SMILES string of the molecule is C=C=NC(C)N(N)c1nc2ccccc2s1.